The fourth-order valence-electron chi connectivity index (χ4n) is 2.11. The highest BCUT2D eigenvalue weighted by Gasteiger charge is 2.13. The summed E-state index contributed by atoms with van der Waals surface area (Å²) in [5, 5.41) is 1.72. The monoisotopic (exact) mass is 395 g/mol. The molecule has 0 amide bonds. The number of rotatable bonds is 2. The fourth-order valence-corrected chi connectivity index (χ4v) is 3.08. The lowest BCUT2D eigenvalue weighted by molar-refractivity contribution is 0.415. The largest absolute Gasteiger partial charge is 0.497 e. The maximum atomic E-state index is 6.48. The molecule has 0 aliphatic heterocycles. The van der Waals surface area contributed by atoms with Gasteiger partial charge < -0.3 is 4.74 Å². The minimum absolute atomic E-state index is 0.744. The molecule has 0 N–H and O–H groups in total. The van der Waals surface area contributed by atoms with Crippen molar-refractivity contribution in [3.63, 3.8) is 0 Å². The predicted molar refractivity (Wildman–Crippen MR) is 91.5 cm³/mol. The molecule has 2 nitrogen and oxygen atoms in total. The van der Waals surface area contributed by atoms with Crippen LogP contribution in [0.5, 0.6) is 5.75 Å². The first-order chi connectivity index (χ1) is 9.70. The standard InChI is InChI=1S/C16H11ClINO/c1-20-11-6-4-5-10(9-11)16-15(18)14(17)12-7-2-3-8-13(12)19-16/h2-9H,1H3. The summed E-state index contributed by atoms with van der Waals surface area (Å²) >= 11 is 8.72. The Kier molecular flexibility index (Phi) is 3.81. The van der Waals surface area contributed by atoms with Crippen LogP contribution in [0.25, 0.3) is 22.2 Å². The van der Waals surface area contributed by atoms with E-state index in [0.29, 0.717) is 0 Å². The molecule has 0 bridgehead atoms. The Balaban J connectivity index is 2.28. The number of aromatic nitrogens is 1. The highest BCUT2D eigenvalue weighted by Crippen LogP contribution is 2.35. The number of pyridine rings is 1. The van der Waals surface area contributed by atoms with Crippen LogP contribution in [0.4, 0.5) is 0 Å². The van der Waals surface area contributed by atoms with Gasteiger partial charge in [0.05, 0.1) is 26.9 Å². The highest BCUT2D eigenvalue weighted by atomic mass is 127. The van der Waals surface area contributed by atoms with Gasteiger partial charge in [0.2, 0.25) is 0 Å². The van der Waals surface area contributed by atoms with E-state index in [0.717, 1.165) is 36.5 Å². The van der Waals surface area contributed by atoms with Crippen molar-refractivity contribution >= 4 is 45.1 Å². The third kappa shape index (κ3) is 2.36. The molecule has 3 aromatic rings. The van der Waals surface area contributed by atoms with Crippen LogP contribution < -0.4 is 4.74 Å². The van der Waals surface area contributed by atoms with Crippen molar-refractivity contribution < 1.29 is 4.74 Å². The number of para-hydroxylation sites is 1. The Bertz CT molecular complexity index is 789. The van der Waals surface area contributed by atoms with E-state index < -0.39 is 0 Å². The van der Waals surface area contributed by atoms with Crippen LogP contribution in [-0.2, 0) is 0 Å². The zero-order valence-electron chi connectivity index (χ0n) is 10.7. The molecule has 0 saturated heterocycles. The van der Waals surface area contributed by atoms with E-state index in [1.54, 1.807) is 7.11 Å². The van der Waals surface area contributed by atoms with Crippen molar-refractivity contribution in [2.24, 2.45) is 0 Å². The molecule has 0 radical (unpaired) electrons. The Hall–Kier alpha value is -1.33. The van der Waals surface area contributed by atoms with Crippen molar-refractivity contribution in [3.05, 3.63) is 57.1 Å². The Morgan fingerprint density at radius 3 is 2.70 bits per heavy atom. The van der Waals surface area contributed by atoms with E-state index in [9.17, 15) is 0 Å². The highest BCUT2D eigenvalue weighted by molar-refractivity contribution is 14.1. The van der Waals surface area contributed by atoms with E-state index >= 15 is 0 Å². The Labute approximate surface area is 135 Å². The van der Waals surface area contributed by atoms with Gasteiger partial charge in [-0.15, -0.1) is 0 Å². The third-order valence-corrected chi connectivity index (χ3v) is 4.88. The zero-order chi connectivity index (χ0) is 14.1. The summed E-state index contributed by atoms with van der Waals surface area (Å²) < 4.78 is 6.23. The smallest absolute Gasteiger partial charge is 0.119 e. The zero-order valence-corrected chi connectivity index (χ0v) is 13.6. The van der Waals surface area contributed by atoms with Crippen LogP contribution in [0.15, 0.2) is 48.5 Å². The van der Waals surface area contributed by atoms with Gasteiger partial charge in [-0.05, 0) is 40.8 Å². The molecular weight excluding hydrogens is 385 g/mol. The number of methoxy groups -OCH3 is 1. The van der Waals surface area contributed by atoms with Gasteiger partial charge in [0.1, 0.15) is 5.75 Å². The summed E-state index contributed by atoms with van der Waals surface area (Å²) in [6.07, 6.45) is 0. The number of halogens is 2. The number of hydrogen-bond donors (Lipinski definition) is 0. The molecule has 3 rings (SSSR count). The molecule has 0 fully saturated rings. The van der Waals surface area contributed by atoms with Gasteiger partial charge in [-0.25, -0.2) is 4.98 Å². The lowest BCUT2D eigenvalue weighted by Gasteiger charge is -2.10. The number of hydrogen-bond acceptors (Lipinski definition) is 2. The van der Waals surface area contributed by atoms with Crippen molar-refractivity contribution in [1.82, 2.24) is 4.98 Å². The van der Waals surface area contributed by atoms with Crippen LogP contribution in [0.3, 0.4) is 0 Å². The summed E-state index contributed by atoms with van der Waals surface area (Å²) in [6, 6.07) is 15.7. The third-order valence-electron chi connectivity index (χ3n) is 3.12. The topological polar surface area (TPSA) is 22.1 Å². The molecule has 4 heteroatoms. The molecule has 1 aromatic heterocycles. The fraction of sp³-hybridized carbons (Fsp3) is 0.0625. The summed E-state index contributed by atoms with van der Waals surface area (Å²) in [7, 11) is 1.66. The quantitative estimate of drug-likeness (QED) is 0.559. The molecule has 0 aliphatic rings. The van der Waals surface area contributed by atoms with Gasteiger partial charge in [-0.1, -0.05) is 41.9 Å². The number of benzene rings is 2. The van der Waals surface area contributed by atoms with E-state index in [-0.39, 0.29) is 0 Å². The predicted octanol–water partition coefficient (Wildman–Crippen LogP) is 5.17. The maximum absolute atomic E-state index is 6.48. The van der Waals surface area contributed by atoms with E-state index in [2.05, 4.69) is 22.6 Å². The normalized spacial score (nSPS) is 10.8. The van der Waals surface area contributed by atoms with Crippen molar-refractivity contribution in [2.75, 3.05) is 7.11 Å². The van der Waals surface area contributed by atoms with Gasteiger partial charge in [-0.2, -0.15) is 0 Å². The number of fused-ring (bicyclic) bond motifs is 1. The second-order valence-corrected chi connectivity index (χ2v) is 5.79. The average Bonchev–Trinajstić information content (AvgIpc) is 2.51. The number of ether oxygens (including phenoxy) is 1. The van der Waals surface area contributed by atoms with Gasteiger partial charge in [-0.3, -0.25) is 0 Å². The average molecular weight is 396 g/mol. The molecule has 0 unspecified atom stereocenters. The minimum atomic E-state index is 0.744. The number of nitrogens with zero attached hydrogens (tertiary/aromatic N) is 1. The van der Waals surface area contributed by atoms with Gasteiger partial charge in [0.15, 0.2) is 0 Å². The van der Waals surface area contributed by atoms with Crippen molar-refractivity contribution in [2.45, 2.75) is 0 Å². The van der Waals surface area contributed by atoms with E-state index in [1.807, 2.05) is 48.5 Å². The van der Waals surface area contributed by atoms with Crippen LogP contribution in [0.2, 0.25) is 5.02 Å². The lowest BCUT2D eigenvalue weighted by Crippen LogP contribution is -1.92. The first-order valence-electron chi connectivity index (χ1n) is 6.09. The van der Waals surface area contributed by atoms with Crippen molar-refractivity contribution in [3.8, 4) is 17.0 Å². The van der Waals surface area contributed by atoms with E-state index in [4.69, 9.17) is 21.3 Å². The molecule has 0 spiro atoms. The van der Waals surface area contributed by atoms with Gasteiger partial charge in [0, 0.05) is 10.9 Å². The SMILES string of the molecule is COc1cccc(-c2nc3ccccc3c(Cl)c2I)c1. The molecule has 20 heavy (non-hydrogen) atoms. The van der Waals surface area contributed by atoms with Crippen molar-refractivity contribution in [1.29, 1.82) is 0 Å². The summed E-state index contributed by atoms with van der Waals surface area (Å²) in [5.74, 6) is 0.810. The van der Waals surface area contributed by atoms with E-state index in [1.165, 1.54) is 0 Å². The Morgan fingerprint density at radius 1 is 1.10 bits per heavy atom. The molecule has 100 valence electrons. The Morgan fingerprint density at radius 2 is 1.90 bits per heavy atom. The van der Waals surface area contributed by atoms with Gasteiger partial charge >= 0.3 is 0 Å². The van der Waals surface area contributed by atoms with Crippen LogP contribution in [-0.4, -0.2) is 12.1 Å². The van der Waals surface area contributed by atoms with Crippen LogP contribution in [0, 0.1) is 3.57 Å². The van der Waals surface area contributed by atoms with Crippen LogP contribution >= 0.6 is 34.2 Å². The molecule has 2 aromatic carbocycles. The molecule has 0 atom stereocenters. The second kappa shape index (κ2) is 5.58. The summed E-state index contributed by atoms with van der Waals surface area (Å²) in [5.41, 5.74) is 2.78. The molecule has 1 heterocycles. The molecule has 0 saturated carbocycles. The second-order valence-electron chi connectivity index (χ2n) is 4.34. The molecular formula is C16H11ClINO. The molecule has 0 aliphatic carbocycles. The maximum Gasteiger partial charge on any atom is 0.119 e. The van der Waals surface area contributed by atoms with Crippen LogP contribution in [0.1, 0.15) is 0 Å². The first kappa shape index (κ1) is 13.6. The lowest BCUT2D eigenvalue weighted by atomic mass is 10.1. The first-order valence-corrected chi connectivity index (χ1v) is 7.54. The summed E-state index contributed by atoms with van der Waals surface area (Å²) in [6.45, 7) is 0. The minimum Gasteiger partial charge on any atom is -0.497 e. The van der Waals surface area contributed by atoms with Gasteiger partial charge in [0.25, 0.3) is 0 Å². The summed E-state index contributed by atoms with van der Waals surface area (Å²) in [4.78, 5) is 4.73.